The first kappa shape index (κ1) is 36.1. The van der Waals surface area contributed by atoms with Gasteiger partial charge in [-0.05, 0) is 41.2 Å². The van der Waals surface area contributed by atoms with Crippen molar-refractivity contribution in [2.75, 3.05) is 33.5 Å². The number of ether oxygens (including phenoxy) is 2. The molecule has 3 aromatic carbocycles. The van der Waals surface area contributed by atoms with Crippen LogP contribution in [0.3, 0.4) is 0 Å². The average molecular weight is 682 g/mol. The summed E-state index contributed by atoms with van der Waals surface area (Å²) in [6.07, 6.45) is 5.75. The maximum Gasteiger partial charge on any atom is 0.330 e. The summed E-state index contributed by atoms with van der Waals surface area (Å²) in [6.45, 7) is 0.135. The highest BCUT2D eigenvalue weighted by atomic mass is 16.5. The Balaban J connectivity index is 1.40. The zero-order valence-corrected chi connectivity index (χ0v) is 28.1. The van der Waals surface area contributed by atoms with E-state index in [0.717, 1.165) is 22.3 Å². The van der Waals surface area contributed by atoms with E-state index < -0.39 is 18.1 Å². The molecule has 1 fully saturated rings. The smallest absolute Gasteiger partial charge is 0.330 e. The van der Waals surface area contributed by atoms with Crippen molar-refractivity contribution < 1.29 is 34.1 Å². The standard InChI is InChI=1S/C38H43N5O7/c1-49-36(46)18-17-28-13-15-30(16-14-28)22-34-37(47)42(23-32-24-43(40-39-32)33(25-45)21-29-9-4-2-5-10-29)35(38(48)41(34)19-8-20-44)27-50-26-31-11-6-3-7-12-31/h2-7,9-18,24,33-35,44-45H,8,19-23,25-27H2,1H3/b18-17+/t33-,34-,35-/m0/s1. The molecule has 3 atom stereocenters. The van der Waals surface area contributed by atoms with Crippen LogP contribution in [-0.2, 0) is 49.9 Å². The van der Waals surface area contributed by atoms with Gasteiger partial charge < -0.3 is 29.5 Å². The molecule has 0 unspecified atom stereocenters. The molecule has 2 amide bonds. The Hall–Kier alpha value is -5.17. The molecule has 0 aliphatic carbocycles. The van der Waals surface area contributed by atoms with Gasteiger partial charge in [0.2, 0.25) is 11.8 Å². The van der Waals surface area contributed by atoms with Gasteiger partial charge in [0, 0.05) is 25.6 Å². The molecule has 1 aromatic heterocycles. The molecule has 0 spiro atoms. The number of hydrogen-bond donors (Lipinski definition) is 2. The molecule has 12 heteroatoms. The molecule has 1 saturated heterocycles. The predicted octanol–water partition coefficient (Wildman–Crippen LogP) is 2.99. The van der Waals surface area contributed by atoms with Crippen molar-refractivity contribution in [1.82, 2.24) is 24.8 Å². The van der Waals surface area contributed by atoms with Crippen LogP contribution < -0.4 is 0 Å². The van der Waals surface area contributed by atoms with E-state index in [1.54, 1.807) is 21.9 Å². The Kier molecular flexibility index (Phi) is 13.0. The summed E-state index contributed by atoms with van der Waals surface area (Å²) < 4.78 is 12.3. The number of aliphatic hydroxyl groups excluding tert-OH is 2. The van der Waals surface area contributed by atoms with Crippen molar-refractivity contribution in [2.24, 2.45) is 0 Å². The van der Waals surface area contributed by atoms with E-state index in [9.17, 15) is 24.6 Å². The molecule has 0 saturated carbocycles. The highest BCUT2D eigenvalue weighted by Crippen LogP contribution is 2.25. The summed E-state index contributed by atoms with van der Waals surface area (Å²) in [6, 6.07) is 24.6. The molecule has 2 heterocycles. The Bertz CT molecular complexity index is 1710. The van der Waals surface area contributed by atoms with E-state index in [0.29, 0.717) is 18.5 Å². The van der Waals surface area contributed by atoms with Gasteiger partial charge in [0.25, 0.3) is 0 Å². The third kappa shape index (κ3) is 9.50. The van der Waals surface area contributed by atoms with Crippen molar-refractivity contribution in [3.8, 4) is 0 Å². The van der Waals surface area contributed by atoms with Crippen LogP contribution in [0, 0.1) is 0 Å². The largest absolute Gasteiger partial charge is 0.466 e. The minimum Gasteiger partial charge on any atom is -0.466 e. The lowest BCUT2D eigenvalue weighted by molar-refractivity contribution is -0.165. The molecule has 2 N–H and O–H groups in total. The van der Waals surface area contributed by atoms with E-state index in [4.69, 9.17) is 4.74 Å². The normalized spacial score (nSPS) is 17.0. The number of aliphatic hydroxyl groups is 2. The number of hydrogen-bond acceptors (Lipinski definition) is 9. The molecule has 0 radical (unpaired) electrons. The topological polar surface area (TPSA) is 147 Å². The van der Waals surface area contributed by atoms with E-state index in [2.05, 4.69) is 15.0 Å². The fourth-order valence-corrected chi connectivity index (χ4v) is 5.96. The van der Waals surface area contributed by atoms with Gasteiger partial charge in [-0.3, -0.25) is 9.59 Å². The number of rotatable bonds is 17. The quantitative estimate of drug-likeness (QED) is 0.127. The lowest BCUT2D eigenvalue weighted by atomic mass is 9.96. The number of piperazine rings is 1. The van der Waals surface area contributed by atoms with Crippen LogP contribution in [-0.4, -0.2) is 98.3 Å². The van der Waals surface area contributed by atoms with Gasteiger partial charge in [-0.25, -0.2) is 9.48 Å². The number of nitrogens with zero attached hydrogens (tertiary/aromatic N) is 5. The fraction of sp³-hybridized carbons (Fsp3) is 0.342. The second-order valence-corrected chi connectivity index (χ2v) is 12.1. The Morgan fingerprint density at radius 2 is 1.56 bits per heavy atom. The summed E-state index contributed by atoms with van der Waals surface area (Å²) in [7, 11) is 1.31. The predicted molar refractivity (Wildman–Crippen MR) is 185 cm³/mol. The number of aromatic nitrogens is 3. The average Bonchev–Trinajstić information content (AvgIpc) is 3.62. The van der Waals surface area contributed by atoms with Gasteiger partial charge in [0.05, 0.1) is 45.7 Å². The van der Waals surface area contributed by atoms with Crippen LogP contribution in [0.25, 0.3) is 6.08 Å². The Labute approximate surface area is 291 Å². The van der Waals surface area contributed by atoms with Crippen LogP contribution in [0.2, 0.25) is 0 Å². The maximum atomic E-state index is 14.5. The first-order valence-corrected chi connectivity index (χ1v) is 16.6. The van der Waals surface area contributed by atoms with E-state index in [-0.39, 0.29) is 63.8 Å². The highest BCUT2D eigenvalue weighted by molar-refractivity contribution is 5.97. The second kappa shape index (κ2) is 18.0. The first-order chi connectivity index (χ1) is 24.4. The number of amides is 2. The third-order valence-corrected chi connectivity index (χ3v) is 8.64. The molecule has 1 aliphatic heterocycles. The molecule has 50 heavy (non-hydrogen) atoms. The summed E-state index contributed by atoms with van der Waals surface area (Å²) in [5.74, 6) is -1.02. The van der Waals surface area contributed by atoms with Crippen LogP contribution in [0.4, 0.5) is 0 Å². The summed E-state index contributed by atoms with van der Waals surface area (Å²) in [5, 5.41) is 28.5. The van der Waals surface area contributed by atoms with Crippen LogP contribution in [0.5, 0.6) is 0 Å². The molecule has 12 nitrogen and oxygen atoms in total. The minimum atomic E-state index is -0.935. The van der Waals surface area contributed by atoms with Crippen LogP contribution in [0.1, 0.15) is 40.4 Å². The van der Waals surface area contributed by atoms with Crippen molar-refractivity contribution in [1.29, 1.82) is 0 Å². The Morgan fingerprint density at radius 1 is 0.880 bits per heavy atom. The third-order valence-electron chi connectivity index (χ3n) is 8.64. The minimum absolute atomic E-state index is 0.00895. The lowest BCUT2D eigenvalue weighted by Crippen LogP contribution is -2.66. The van der Waals surface area contributed by atoms with Crippen molar-refractivity contribution >= 4 is 23.9 Å². The van der Waals surface area contributed by atoms with Gasteiger partial charge in [0.1, 0.15) is 17.8 Å². The summed E-state index contributed by atoms with van der Waals surface area (Å²) in [4.78, 5) is 43.3. The van der Waals surface area contributed by atoms with Crippen molar-refractivity contribution in [3.63, 3.8) is 0 Å². The first-order valence-electron chi connectivity index (χ1n) is 16.6. The summed E-state index contributed by atoms with van der Waals surface area (Å²) in [5.41, 5.74) is 4.03. The van der Waals surface area contributed by atoms with Crippen molar-refractivity contribution in [3.05, 3.63) is 125 Å². The SMILES string of the molecule is COC(=O)/C=C/c1ccc(C[C@H]2C(=O)N(Cc3cn([C@H](CO)Cc4ccccc4)nn3)[C@@H](COCc3ccccc3)C(=O)N2CCCO)cc1. The molecular weight excluding hydrogens is 638 g/mol. The zero-order valence-electron chi connectivity index (χ0n) is 28.1. The van der Waals surface area contributed by atoms with Crippen LogP contribution in [0.15, 0.2) is 97.2 Å². The molecular formula is C38H43N5O7. The number of esters is 1. The van der Waals surface area contributed by atoms with E-state index in [1.807, 2.05) is 84.9 Å². The molecule has 262 valence electrons. The number of carbonyl (C=O) groups is 3. The van der Waals surface area contributed by atoms with E-state index >= 15 is 0 Å². The number of methoxy groups -OCH3 is 1. The molecule has 4 aromatic rings. The van der Waals surface area contributed by atoms with Crippen LogP contribution >= 0.6 is 0 Å². The monoisotopic (exact) mass is 681 g/mol. The van der Waals surface area contributed by atoms with Gasteiger partial charge in [0.15, 0.2) is 0 Å². The molecule has 0 bridgehead atoms. The number of carbonyl (C=O) groups excluding carboxylic acids is 3. The lowest BCUT2D eigenvalue weighted by Gasteiger charge is -2.45. The second-order valence-electron chi connectivity index (χ2n) is 12.1. The van der Waals surface area contributed by atoms with Gasteiger partial charge in [-0.1, -0.05) is 90.1 Å². The molecule has 1 aliphatic rings. The van der Waals surface area contributed by atoms with Gasteiger partial charge >= 0.3 is 5.97 Å². The maximum absolute atomic E-state index is 14.5. The van der Waals surface area contributed by atoms with Gasteiger partial charge in [-0.15, -0.1) is 5.10 Å². The number of benzene rings is 3. The summed E-state index contributed by atoms with van der Waals surface area (Å²) >= 11 is 0. The molecule has 5 rings (SSSR count). The zero-order chi connectivity index (χ0) is 35.3. The Morgan fingerprint density at radius 3 is 2.22 bits per heavy atom. The fourth-order valence-electron chi connectivity index (χ4n) is 5.96. The van der Waals surface area contributed by atoms with E-state index in [1.165, 1.54) is 18.1 Å². The van der Waals surface area contributed by atoms with Gasteiger partial charge in [-0.2, -0.15) is 0 Å². The van der Waals surface area contributed by atoms with Crippen molar-refractivity contribution in [2.45, 2.75) is 50.5 Å². The highest BCUT2D eigenvalue weighted by Gasteiger charge is 2.46.